The molecule has 0 N–H and O–H groups in total. The molecule has 1 amide bonds. The van der Waals surface area contributed by atoms with Crippen LogP contribution in [0.1, 0.15) is 59.5 Å². The van der Waals surface area contributed by atoms with E-state index < -0.39 is 61.2 Å². The first-order valence-corrected chi connectivity index (χ1v) is 15.0. The van der Waals surface area contributed by atoms with Crippen LogP contribution in [-0.4, -0.2) is 36.5 Å². The minimum absolute atomic E-state index is 0.0368. The maximum atomic E-state index is 14.4. The van der Waals surface area contributed by atoms with Gasteiger partial charge >= 0.3 is 0 Å². The van der Waals surface area contributed by atoms with E-state index in [1.54, 1.807) is 0 Å². The first-order valence-electron chi connectivity index (χ1n) is 13.1. The van der Waals surface area contributed by atoms with Gasteiger partial charge in [-0.1, -0.05) is 37.1 Å². The van der Waals surface area contributed by atoms with E-state index in [1.807, 2.05) is 24.3 Å². The fourth-order valence-corrected chi connectivity index (χ4v) is 7.28. The van der Waals surface area contributed by atoms with Crippen LogP contribution in [0.4, 0.5) is 27.6 Å². The summed E-state index contributed by atoms with van der Waals surface area (Å²) in [7, 11) is -5.31. The van der Waals surface area contributed by atoms with Crippen molar-refractivity contribution in [1.29, 1.82) is 0 Å². The number of benzene rings is 3. The predicted octanol–water partition coefficient (Wildman–Crippen LogP) is 6.42. The fraction of sp³-hybridized carbons (Fsp3) is 0.310. The van der Waals surface area contributed by atoms with E-state index in [0.717, 1.165) is 31.2 Å². The van der Waals surface area contributed by atoms with Crippen molar-refractivity contribution in [2.45, 2.75) is 55.5 Å². The van der Waals surface area contributed by atoms with Gasteiger partial charge in [0.25, 0.3) is 5.24 Å². The average molecular weight is 627 g/mol. The number of nitrogens with zero attached hydrogens (tertiary/aromatic N) is 2. The van der Waals surface area contributed by atoms with Crippen molar-refractivity contribution in [3.8, 4) is 0 Å². The first kappa shape index (κ1) is 30.1. The second kappa shape index (κ2) is 11.7. The van der Waals surface area contributed by atoms with Gasteiger partial charge in [0.05, 0.1) is 6.54 Å². The van der Waals surface area contributed by atoms with Crippen molar-refractivity contribution in [3.63, 3.8) is 0 Å². The summed E-state index contributed by atoms with van der Waals surface area (Å²) in [4.78, 5) is 24.6. The van der Waals surface area contributed by atoms with Gasteiger partial charge < -0.3 is 4.90 Å². The highest BCUT2D eigenvalue weighted by Crippen LogP contribution is 2.36. The smallest absolute Gasteiger partial charge is 0.252 e. The summed E-state index contributed by atoms with van der Waals surface area (Å²) >= 11 is 5.53. The van der Waals surface area contributed by atoms with Crippen LogP contribution in [0.25, 0.3) is 0 Å². The van der Waals surface area contributed by atoms with E-state index in [-0.39, 0.29) is 30.8 Å². The van der Waals surface area contributed by atoms with Crippen LogP contribution in [0.2, 0.25) is 0 Å². The standard InChI is InChI=1S/C29H24ClF5N2O4S/c30-28(38)19-9-11-20(12-10-19)36(15-16-5-7-18(8-6-16)17-3-1-2-4-17)29(39)21-13-14-37(21)42(40,41)27-25(34)23(32)22(31)24(33)26(27)35/h5-12,17,21H,1-4,13-15H2/t21-/m1/s1. The maximum absolute atomic E-state index is 14.4. The van der Waals surface area contributed by atoms with E-state index in [4.69, 9.17) is 11.6 Å². The molecule has 1 aliphatic heterocycles. The van der Waals surface area contributed by atoms with E-state index in [1.165, 1.54) is 29.2 Å². The van der Waals surface area contributed by atoms with Crippen molar-refractivity contribution in [3.05, 3.63) is 94.3 Å². The van der Waals surface area contributed by atoms with Gasteiger partial charge in [0.2, 0.25) is 21.7 Å². The molecule has 1 saturated heterocycles. The lowest BCUT2D eigenvalue weighted by Crippen LogP contribution is -2.59. The van der Waals surface area contributed by atoms with Crippen LogP contribution in [0.15, 0.2) is 53.4 Å². The highest BCUT2D eigenvalue weighted by molar-refractivity contribution is 7.89. The molecule has 0 aromatic heterocycles. The molecule has 1 aliphatic carbocycles. The number of amides is 1. The Labute approximate surface area is 243 Å². The third-order valence-corrected chi connectivity index (χ3v) is 9.96. The normalized spacial score (nSPS) is 17.7. The van der Waals surface area contributed by atoms with Gasteiger partial charge in [0.1, 0.15) is 6.04 Å². The van der Waals surface area contributed by atoms with Gasteiger partial charge in [-0.15, -0.1) is 0 Å². The molecule has 2 aliphatic rings. The zero-order valence-corrected chi connectivity index (χ0v) is 23.5. The number of hydrogen-bond donors (Lipinski definition) is 0. The van der Waals surface area contributed by atoms with E-state index in [0.29, 0.717) is 15.8 Å². The Morgan fingerprint density at radius 3 is 1.86 bits per heavy atom. The number of sulfonamides is 1. The van der Waals surface area contributed by atoms with Gasteiger partial charge in [0, 0.05) is 17.8 Å². The molecule has 1 atom stereocenters. The highest BCUT2D eigenvalue weighted by atomic mass is 35.5. The van der Waals surface area contributed by atoms with Crippen molar-refractivity contribution in [2.75, 3.05) is 11.4 Å². The zero-order valence-electron chi connectivity index (χ0n) is 21.9. The summed E-state index contributed by atoms with van der Waals surface area (Å²) in [6.07, 6.45) is 4.42. The second-order valence-corrected chi connectivity index (χ2v) is 12.5. The van der Waals surface area contributed by atoms with E-state index >= 15 is 0 Å². The van der Waals surface area contributed by atoms with Crippen molar-refractivity contribution < 1.29 is 40.0 Å². The molecule has 1 heterocycles. The van der Waals surface area contributed by atoms with Crippen molar-refractivity contribution in [1.82, 2.24) is 4.31 Å². The summed E-state index contributed by atoms with van der Waals surface area (Å²) in [5.41, 5.74) is 2.27. The summed E-state index contributed by atoms with van der Waals surface area (Å²) in [5, 5.41) is -0.735. The SMILES string of the molecule is O=C(Cl)c1ccc(N(Cc2ccc(C3CCCC3)cc2)C(=O)[C@H]2CCN2S(=O)(=O)c2c(F)c(F)c(F)c(F)c2F)cc1. The predicted molar refractivity (Wildman–Crippen MR) is 144 cm³/mol. The zero-order chi connectivity index (χ0) is 30.3. The molecule has 42 heavy (non-hydrogen) atoms. The average Bonchev–Trinajstić information content (AvgIpc) is 3.48. The first-order chi connectivity index (χ1) is 19.9. The van der Waals surface area contributed by atoms with Crippen LogP contribution in [0.5, 0.6) is 0 Å². The van der Waals surface area contributed by atoms with Gasteiger partial charge in [-0.2, -0.15) is 4.31 Å². The van der Waals surface area contributed by atoms with Gasteiger partial charge in [-0.25, -0.2) is 30.4 Å². The largest absolute Gasteiger partial charge is 0.307 e. The summed E-state index contributed by atoms with van der Waals surface area (Å²) < 4.78 is 96.8. The molecule has 0 bridgehead atoms. The van der Waals surface area contributed by atoms with Crippen LogP contribution in [0, 0.1) is 29.1 Å². The molecule has 0 radical (unpaired) electrons. The lowest BCUT2D eigenvalue weighted by Gasteiger charge is -2.41. The van der Waals surface area contributed by atoms with E-state index in [9.17, 15) is 40.0 Å². The fourth-order valence-electron chi connectivity index (χ4n) is 5.41. The monoisotopic (exact) mass is 626 g/mol. The molecule has 222 valence electrons. The second-order valence-electron chi connectivity index (χ2n) is 10.3. The number of hydrogen-bond acceptors (Lipinski definition) is 4. The van der Waals surface area contributed by atoms with Gasteiger partial charge in [-0.05, 0) is 72.2 Å². The maximum Gasteiger partial charge on any atom is 0.252 e. The molecule has 5 rings (SSSR count). The summed E-state index contributed by atoms with van der Waals surface area (Å²) in [5.74, 6) is -12.7. The highest BCUT2D eigenvalue weighted by Gasteiger charge is 2.48. The van der Waals surface area contributed by atoms with Crippen LogP contribution >= 0.6 is 11.6 Å². The Bertz CT molecular complexity index is 1620. The number of carbonyl (C=O) groups is 2. The lowest BCUT2D eigenvalue weighted by atomic mass is 9.96. The topological polar surface area (TPSA) is 74.8 Å². The molecular weight excluding hydrogens is 603 g/mol. The molecule has 3 aromatic rings. The van der Waals surface area contributed by atoms with E-state index in [2.05, 4.69) is 0 Å². The number of carbonyl (C=O) groups excluding carboxylic acids is 2. The Kier molecular flexibility index (Phi) is 8.41. The number of anilines is 1. The molecule has 0 spiro atoms. The minimum Gasteiger partial charge on any atom is -0.307 e. The molecule has 1 saturated carbocycles. The van der Waals surface area contributed by atoms with Crippen LogP contribution in [-0.2, 0) is 21.4 Å². The lowest BCUT2D eigenvalue weighted by molar-refractivity contribution is -0.125. The van der Waals surface area contributed by atoms with Gasteiger partial charge in [0.15, 0.2) is 28.2 Å². The molecule has 13 heteroatoms. The molecule has 2 fully saturated rings. The molecule has 3 aromatic carbocycles. The summed E-state index contributed by atoms with van der Waals surface area (Å²) in [6, 6.07) is 11.7. The van der Waals surface area contributed by atoms with Crippen molar-refractivity contribution in [2.24, 2.45) is 0 Å². The third-order valence-electron chi connectivity index (χ3n) is 7.81. The number of rotatable bonds is 8. The quantitative estimate of drug-likeness (QED) is 0.125. The Morgan fingerprint density at radius 1 is 0.810 bits per heavy atom. The van der Waals surface area contributed by atoms with Crippen molar-refractivity contribution >= 4 is 38.5 Å². The van der Waals surface area contributed by atoms with Crippen LogP contribution in [0.3, 0.4) is 0 Å². The molecule has 6 nitrogen and oxygen atoms in total. The Balaban J connectivity index is 1.47. The Hall–Kier alpha value is -3.35. The summed E-state index contributed by atoms with van der Waals surface area (Å²) in [6.45, 7) is -0.424. The van der Waals surface area contributed by atoms with Gasteiger partial charge in [-0.3, -0.25) is 9.59 Å². The molecular formula is C29H24ClF5N2O4S. The Morgan fingerprint density at radius 2 is 1.36 bits per heavy atom. The third kappa shape index (κ3) is 5.43. The molecule has 0 unspecified atom stereocenters. The van der Waals surface area contributed by atoms with Crippen LogP contribution < -0.4 is 4.90 Å². The number of halogens is 6. The minimum atomic E-state index is -5.31.